The fourth-order valence-electron chi connectivity index (χ4n) is 3.64. The molecule has 0 aliphatic carbocycles. The van der Waals surface area contributed by atoms with Crippen LogP contribution in [0.2, 0.25) is 0 Å². The van der Waals surface area contributed by atoms with Crippen molar-refractivity contribution in [2.24, 2.45) is 0 Å². The highest BCUT2D eigenvalue weighted by Gasteiger charge is 2.32. The number of hydrogen-bond donors (Lipinski definition) is 1. The third kappa shape index (κ3) is 3.15. The molecule has 1 saturated heterocycles. The quantitative estimate of drug-likeness (QED) is 0.695. The van der Waals surface area contributed by atoms with E-state index in [0.29, 0.717) is 5.56 Å². The number of likely N-dealkylation sites (tertiary alicyclic amines) is 1. The van der Waals surface area contributed by atoms with Gasteiger partial charge in [0.2, 0.25) is 11.5 Å². The number of aromatic nitrogens is 1. The van der Waals surface area contributed by atoms with E-state index < -0.39 is 34.7 Å². The van der Waals surface area contributed by atoms with Gasteiger partial charge in [0.15, 0.2) is 11.6 Å². The van der Waals surface area contributed by atoms with Gasteiger partial charge in [0.1, 0.15) is 11.6 Å². The van der Waals surface area contributed by atoms with Gasteiger partial charge in [-0.2, -0.15) is 0 Å². The van der Waals surface area contributed by atoms with Crippen molar-refractivity contribution in [1.82, 2.24) is 9.88 Å². The third-order valence-electron chi connectivity index (χ3n) is 4.97. The smallest absolute Gasteiger partial charge is 0.248 e. The summed E-state index contributed by atoms with van der Waals surface area (Å²) >= 11 is 0. The molecule has 144 valence electrons. The van der Waals surface area contributed by atoms with Gasteiger partial charge in [0.05, 0.1) is 5.52 Å². The lowest BCUT2D eigenvalue weighted by Crippen LogP contribution is -2.25. The Morgan fingerprint density at radius 2 is 1.79 bits per heavy atom. The van der Waals surface area contributed by atoms with Crippen LogP contribution < -0.4 is 5.56 Å². The minimum Gasteiger partial charge on any atom is -0.338 e. The summed E-state index contributed by atoms with van der Waals surface area (Å²) in [7, 11) is 0. The zero-order valence-electron chi connectivity index (χ0n) is 14.4. The van der Waals surface area contributed by atoms with Crippen LogP contribution in [0.3, 0.4) is 0 Å². The molecular formula is C20H14F4N2O2. The number of nitrogens with zero attached hydrogens (tertiary/aromatic N) is 1. The summed E-state index contributed by atoms with van der Waals surface area (Å²) < 4.78 is 54.6. The number of pyridine rings is 1. The minimum absolute atomic E-state index is 0.0103. The molecular weight excluding hydrogens is 376 g/mol. The number of amides is 1. The summed E-state index contributed by atoms with van der Waals surface area (Å²) in [6, 6.07) is 6.71. The number of aromatic amines is 1. The van der Waals surface area contributed by atoms with Gasteiger partial charge in [-0.25, -0.2) is 17.6 Å². The lowest BCUT2D eigenvalue weighted by molar-refractivity contribution is -0.128. The number of halogens is 4. The van der Waals surface area contributed by atoms with E-state index in [2.05, 4.69) is 4.98 Å². The van der Waals surface area contributed by atoms with Crippen LogP contribution in [0.15, 0.2) is 41.2 Å². The van der Waals surface area contributed by atoms with Crippen LogP contribution in [-0.4, -0.2) is 22.3 Å². The fourth-order valence-corrected chi connectivity index (χ4v) is 3.64. The van der Waals surface area contributed by atoms with Crippen LogP contribution >= 0.6 is 0 Å². The number of H-pyrrole nitrogens is 1. The number of benzene rings is 2. The number of nitrogens with one attached hydrogen (secondary N) is 1. The maximum atomic E-state index is 14.0. The first-order chi connectivity index (χ1) is 13.3. The number of fused-ring (bicyclic) bond motifs is 1. The molecule has 2 heterocycles. The highest BCUT2D eigenvalue weighted by Crippen LogP contribution is 2.32. The van der Waals surface area contributed by atoms with Crippen molar-refractivity contribution >= 4 is 16.8 Å². The summed E-state index contributed by atoms with van der Waals surface area (Å²) in [5.41, 5.74) is -0.303. The highest BCUT2D eigenvalue weighted by molar-refractivity contribution is 5.84. The minimum atomic E-state index is -1.17. The lowest BCUT2D eigenvalue weighted by atomic mass is 9.98. The Kier molecular flexibility index (Phi) is 4.41. The molecule has 1 aliphatic rings. The first-order valence-corrected chi connectivity index (χ1v) is 8.56. The predicted octanol–water partition coefficient (Wildman–Crippen LogP) is 3.60. The van der Waals surface area contributed by atoms with E-state index in [4.69, 9.17) is 0 Å². The molecule has 1 aromatic heterocycles. The van der Waals surface area contributed by atoms with Crippen molar-refractivity contribution in [3.05, 3.63) is 81.1 Å². The largest absolute Gasteiger partial charge is 0.338 e. The Bertz CT molecular complexity index is 1160. The predicted molar refractivity (Wildman–Crippen MR) is 93.6 cm³/mol. The van der Waals surface area contributed by atoms with Gasteiger partial charge in [-0.1, -0.05) is 6.07 Å². The molecule has 4 nitrogen and oxygen atoms in total. The maximum Gasteiger partial charge on any atom is 0.248 e. The summed E-state index contributed by atoms with van der Waals surface area (Å²) in [5, 5.41) is 0.280. The summed E-state index contributed by atoms with van der Waals surface area (Å²) in [6.45, 7) is 0.156. The van der Waals surface area contributed by atoms with Crippen LogP contribution in [0.5, 0.6) is 0 Å². The Balaban J connectivity index is 1.66. The average Bonchev–Trinajstić information content (AvgIpc) is 2.99. The Hall–Kier alpha value is -3.16. The van der Waals surface area contributed by atoms with Crippen LogP contribution in [-0.2, 0) is 11.3 Å². The topological polar surface area (TPSA) is 53.2 Å². The SMILES string of the molecule is O=C1CC(c2ccc(F)cc2F)CN1Cc1cc(=O)[nH]c2c(F)c(F)ccc12. The number of rotatable bonds is 3. The van der Waals surface area contributed by atoms with Crippen LogP contribution in [0, 0.1) is 23.3 Å². The van der Waals surface area contributed by atoms with Crippen molar-refractivity contribution in [2.45, 2.75) is 18.9 Å². The van der Waals surface area contributed by atoms with Crippen molar-refractivity contribution < 1.29 is 22.4 Å². The molecule has 0 bridgehead atoms. The van der Waals surface area contributed by atoms with E-state index in [1.807, 2.05) is 0 Å². The normalized spacial score (nSPS) is 16.9. The monoisotopic (exact) mass is 390 g/mol. The van der Waals surface area contributed by atoms with E-state index in [9.17, 15) is 27.2 Å². The zero-order chi connectivity index (χ0) is 20.0. The van der Waals surface area contributed by atoms with Gasteiger partial charge >= 0.3 is 0 Å². The molecule has 1 amide bonds. The van der Waals surface area contributed by atoms with Gasteiger partial charge in [0.25, 0.3) is 0 Å². The third-order valence-corrected chi connectivity index (χ3v) is 4.97. The number of carbonyl (C=O) groups is 1. The molecule has 2 aromatic carbocycles. The molecule has 3 aromatic rings. The van der Waals surface area contributed by atoms with E-state index in [-0.39, 0.29) is 41.9 Å². The molecule has 1 atom stereocenters. The molecule has 1 aliphatic heterocycles. The molecule has 0 saturated carbocycles. The molecule has 0 radical (unpaired) electrons. The molecule has 4 rings (SSSR count). The van der Waals surface area contributed by atoms with E-state index in [1.54, 1.807) is 0 Å². The van der Waals surface area contributed by atoms with Crippen molar-refractivity contribution in [2.75, 3.05) is 6.54 Å². The molecule has 1 N–H and O–H groups in total. The first-order valence-electron chi connectivity index (χ1n) is 8.56. The number of hydrogen-bond acceptors (Lipinski definition) is 2. The summed E-state index contributed by atoms with van der Waals surface area (Å²) in [6.07, 6.45) is 0.0344. The van der Waals surface area contributed by atoms with Crippen LogP contribution in [0.4, 0.5) is 17.6 Å². The standard InChI is InChI=1S/C20H14F4N2O2/c21-12-1-2-13(16(23)7-12)11-6-18(28)26(9-11)8-10-5-17(27)25-20-14(10)3-4-15(22)19(20)24/h1-5,7,11H,6,8-9H2,(H,25,27). The van der Waals surface area contributed by atoms with Gasteiger partial charge in [-0.15, -0.1) is 0 Å². The first kappa shape index (κ1) is 18.2. The molecule has 8 heteroatoms. The molecule has 28 heavy (non-hydrogen) atoms. The van der Waals surface area contributed by atoms with Gasteiger partial charge in [-0.3, -0.25) is 9.59 Å². The van der Waals surface area contributed by atoms with Gasteiger partial charge < -0.3 is 9.88 Å². The summed E-state index contributed by atoms with van der Waals surface area (Å²) in [4.78, 5) is 27.9. The van der Waals surface area contributed by atoms with Gasteiger partial charge in [-0.05, 0) is 29.3 Å². The van der Waals surface area contributed by atoms with E-state index in [1.165, 1.54) is 23.1 Å². The Morgan fingerprint density at radius 3 is 2.54 bits per heavy atom. The van der Waals surface area contributed by atoms with Crippen molar-refractivity contribution in [3.8, 4) is 0 Å². The second-order valence-corrected chi connectivity index (χ2v) is 6.78. The second-order valence-electron chi connectivity index (χ2n) is 6.78. The highest BCUT2D eigenvalue weighted by atomic mass is 19.2. The molecule has 0 spiro atoms. The zero-order valence-corrected chi connectivity index (χ0v) is 14.4. The van der Waals surface area contributed by atoms with Crippen LogP contribution in [0.1, 0.15) is 23.5 Å². The van der Waals surface area contributed by atoms with E-state index >= 15 is 0 Å². The summed E-state index contributed by atoms with van der Waals surface area (Å²) in [5.74, 6) is -4.43. The average molecular weight is 390 g/mol. The molecule has 1 unspecified atom stereocenters. The maximum absolute atomic E-state index is 14.0. The second kappa shape index (κ2) is 6.78. The fraction of sp³-hybridized carbons (Fsp3) is 0.200. The van der Waals surface area contributed by atoms with Crippen LogP contribution in [0.25, 0.3) is 10.9 Å². The lowest BCUT2D eigenvalue weighted by Gasteiger charge is -2.18. The Labute approximate surface area is 156 Å². The van der Waals surface area contributed by atoms with Crippen molar-refractivity contribution in [3.63, 3.8) is 0 Å². The Morgan fingerprint density at radius 1 is 1.00 bits per heavy atom. The molecule has 1 fully saturated rings. The van der Waals surface area contributed by atoms with Gasteiger partial charge in [0, 0.05) is 42.9 Å². The number of carbonyl (C=O) groups excluding carboxylic acids is 1. The van der Waals surface area contributed by atoms with Crippen molar-refractivity contribution in [1.29, 1.82) is 0 Å². The van der Waals surface area contributed by atoms with E-state index in [0.717, 1.165) is 18.2 Å².